The number of hydrogen-bond donors (Lipinski definition) is 1. The molecule has 0 heterocycles. The molecule has 5 heteroatoms. The Hall–Kier alpha value is -1.42. The summed E-state index contributed by atoms with van der Waals surface area (Å²) in [4.78, 5) is 11.9. The van der Waals surface area contributed by atoms with Gasteiger partial charge in [-0.1, -0.05) is 11.6 Å². The summed E-state index contributed by atoms with van der Waals surface area (Å²) >= 11 is 6.03. The summed E-state index contributed by atoms with van der Waals surface area (Å²) in [5.74, 6) is -0.212. The Balaban J connectivity index is 3.12. The molecule has 0 saturated heterocycles. The van der Waals surface area contributed by atoms with E-state index in [2.05, 4.69) is 0 Å². The fraction of sp³-hybridized carbons (Fsp3) is 0.417. The SMILES string of the molecule is COc1c(N)ccc(C(=O)OC(C)(C)C)c1Cl. The highest BCUT2D eigenvalue weighted by atomic mass is 35.5. The summed E-state index contributed by atoms with van der Waals surface area (Å²) < 4.78 is 10.3. The smallest absolute Gasteiger partial charge is 0.340 e. The first-order valence-corrected chi connectivity index (χ1v) is 5.49. The first-order valence-electron chi connectivity index (χ1n) is 5.11. The number of anilines is 1. The minimum Gasteiger partial charge on any atom is -0.493 e. The van der Waals surface area contributed by atoms with E-state index in [1.807, 2.05) is 0 Å². The molecule has 4 nitrogen and oxygen atoms in total. The standard InChI is InChI=1S/C12H16ClNO3/c1-12(2,3)17-11(15)7-5-6-8(14)10(16-4)9(7)13/h5-6H,14H2,1-4H3. The highest BCUT2D eigenvalue weighted by Gasteiger charge is 2.22. The molecule has 1 rings (SSSR count). The van der Waals surface area contributed by atoms with Crippen molar-refractivity contribution in [1.29, 1.82) is 0 Å². The topological polar surface area (TPSA) is 61.5 Å². The summed E-state index contributed by atoms with van der Waals surface area (Å²) in [6.07, 6.45) is 0. The van der Waals surface area contributed by atoms with Gasteiger partial charge in [0.1, 0.15) is 5.60 Å². The molecular weight excluding hydrogens is 242 g/mol. The molecule has 1 aromatic carbocycles. The quantitative estimate of drug-likeness (QED) is 0.654. The van der Waals surface area contributed by atoms with Gasteiger partial charge in [-0.25, -0.2) is 4.79 Å². The molecule has 0 unspecified atom stereocenters. The van der Waals surface area contributed by atoms with Crippen LogP contribution in [-0.4, -0.2) is 18.7 Å². The maximum Gasteiger partial charge on any atom is 0.340 e. The Morgan fingerprint density at radius 3 is 2.41 bits per heavy atom. The molecule has 0 aliphatic heterocycles. The van der Waals surface area contributed by atoms with E-state index in [9.17, 15) is 4.79 Å². The average molecular weight is 258 g/mol. The third kappa shape index (κ3) is 3.27. The molecule has 17 heavy (non-hydrogen) atoms. The molecule has 0 radical (unpaired) electrons. The molecule has 0 aliphatic carbocycles. The predicted octanol–water partition coefficient (Wildman–Crippen LogP) is 2.89. The van der Waals surface area contributed by atoms with E-state index in [4.69, 9.17) is 26.8 Å². The molecule has 94 valence electrons. The van der Waals surface area contributed by atoms with Crippen LogP contribution in [0.3, 0.4) is 0 Å². The number of nitrogen functional groups attached to an aromatic ring is 1. The van der Waals surface area contributed by atoms with Crippen LogP contribution in [0.4, 0.5) is 5.69 Å². The van der Waals surface area contributed by atoms with Crippen molar-refractivity contribution < 1.29 is 14.3 Å². The van der Waals surface area contributed by atoms with Crippen molar-refractivity contribution in [3.05, 3.63) is 22.7 Å². The minimum atomic E-state index is -0.574. The number of methoxy groups -OCH3 is 1. The summed E-state index contributed by atoms with van der Waals surface area (Å²) in [6, 6.07) is 3.08. The number of carbonyl (C=O) groups excluding carboxylic acids is 1. The van der Waals surface area contributed by atoms with Crippen LogP contribution in [0.1, 0.15) is 31.1 Å². The van der Waals surface area contributed by atoms with Gasteiger partial charge in [-0.05, 0) is 32.9 Å². The van der Waals surface area contributed by atoms with E-state index in [1.54, 1.807) is 26.8 Å². The van der Waals surface area contributed by atoms with Crippen molar-refractivity contribution in [3.8, 4) is 5.75 Å². The van der Waals surface area contributed by atoms with Gasteiger partial charge in [0.25, 0.3) is 0 Å². The number of rotatable bonds is 2. The predicted molar refractivity (Wildman–Crippen MR) is 67.6 cm³/mol. The first-order chi connectivity index (χ1) is 7.76. The van der Waals surface area contributed by atoms with Gasteiger partial charge < -0.3 is 15.2 Å². The van der Waals surface area contributed by atoms with Gasteiger partial charge in [0.2, 0.25) is 0 Å². The second kappa shape index (κ2) is 4.84. The van der Waals surface area contributed by atoms with Crippen LogP contribution in [0.15, 0.2) is 12.1 Å². The van der Waals surface area contributed by atoms with Crippen molar-refractivity contribution in [2.75, 3.05) is 12.8 Å². The normalized spacial score (nSPS) is 11.1. The second-order valence-corrected chi connectivity index (χ2v) is 4.93. The van der Waals surface area contributed by atoms with Gasteiger partial charge in [0.15, 0.2) is 5.75 Å². The van der Waals surface area contributed by atoms with E-state index in [0.717, 1.165) is 0 Å². The lowest BCUT2D eigenvalue weighted by atomic mass is 10.1. The Morgan fingerprint density at radius 1 is 1.35 bits per heavy atom. The van der Waals surface area contributed by atoms with Gasteiger partial charge in [-0.15, -0.1) is 0 Å². The van der Waals surface area contributed by atoms with Crippen LogP contribution >= 0.6 is 11.6 Å². The van der Waals surface area contributed by atoms with E-state index in [0.29, 0.717) is 5.69 Å². The van der Waals surface area contributed by atoms with Crippen LogP contribution in [0.25, 0.3) is 0 Å². The molecule has 0 aromatic heterocycles. The summed E-state index contributed by atoms with van der Waals surface area (Å²) in [5.41, 5.74) is 5.71. The molecule has 0 bridgehead atoms. The monoisotopic (exact) mass is 257 g/mol. The lowest BCUT2D eigenvalue weighted by Gasteiger charge is -2.20. The number of nitrogens with two attached hydrogens (primary N) is 1. The van der Waals surface area contributed by atoms with Gasteiger partial charge in [-0.2, -0.15) is 0 Å². The molecule has 0 aliphatic rings. The molecule has 0 saturated carbocycles. The van der Waals surface area contributed by atoms with E-state index < -0.39 is 11.6 Å². The zero-order valence-corrected chi connectivity index (χ0v) is 11.1. The maximum absolute atomic E-state index is 11.9. The third-order valence-electron chi connectivity index (χ3n) is 1.95. The van der Waals surface area contributed by atoms with Crippen LogP contribution < -0.4 is 10.5 Å². The molecule has 1 aromatic rings. The Labute approximate surface area is 106 Å². The number of hydrogen-bond acceptors (Lipinski definition) is 4. The van der Waals surface area contributed by atoms with Gasteiger partial charge in [0.05, 0.1) is 23.4 Å². The van der Waals surface area contributed by atoms with E-state index >= 15 is 0 Å². The van der Waals surface area contributed by atoms with Gasteiger partial charge in [0, 0.05) is 0 Å². The number of ether oxygens (including phenoxy) is 2. The van der Waals surface area contributed by atoms with Crippen LogP contribution in [-0.2, 0) is 4.74 Å². The number of carbonyl (C=O) groups is 1. The van der Waals surface area contributed by atoms with Crippen molar-refractivity contribution >= 4 is 23.3 Å². The van der Waals surface area contributed by atoms with Gasteiger partial charge in [-0.3, -0.25) is 0 Å². The number of benzene rings is 1. The van der Waals surface area contributed by atoms with Gasteiger partial charge >= 0.3 is 5.97 Å². The van der Waals surface area contributed by atoms with Crippen molar-refractivity contribution in [1.82, 2.24) is 0 Å². The highest BCUT2D eigenvalue weighted by Crippen LogP contribution is 2.34. The fourth-order valence-corrected chi connectivity index (χ4v) is 1.60. The average Bonchev–Trinajstić information content (AvgIpc) is 2.15. The zero-order chi connectivity index (χ0) is 13.2. The third-order valence-corrected chi connectivity index (χ3v) is 2.33. The molecule has 2 N–H and O–H groups in total. The minimum absolute atomic E-state index is 0.168. The lowest BCUT2D eigenvalue weighted by Crippen LogP contribution is -2.24. The van der Waals surface area contributed by atoms with Crippen LogP contribution in [0, 0.1) is 0 Å². The van der Waals surface area contributed by atoms with Crippen LogP contribution in [0.2, 0.25) is 5.02 Å². The summed E-state index contributed by atoms with van der Waals surface area (Å²) in [5, 5.41) is 0.168. The molecule has 0 spiro atoms. The summed E-state index contributed by atoms with van der Waals surface area (Å²) in [7, 11) is 1.44. The Bertz CT molecular complexity index is 438. The lowest BCUT2D eigenvalue weighted by molar-refractivity contribution is 0.00695. The van der Waals surface area contributed by atoms with Crippen molar-refractivity contribution in [3.63, 3.8) is 0 Å². The Morgan fingerprint density at radius 2 is 1.94 bits per heavy atom. The largest absolute Gasteiger partial charge is 0.493 e. The first kappa shape index (κ1) is 13.6. The maximum atomic E-state index is 11.9. The molecule has 0 amide bonds. The van der Waals surface area contributed by atoms with E-state index in [1.165, 1.54) is 13.2 Å². The number of esters is 1. The van der Waals surface area contributed by atoms with Crippen LogP contribution in [0.5, 0.6) is 5.75 Å². The van der Waals surface area contributed by atoms with Crippen molar-refractivity contribution in [2.45, 2.75) is 26.4 Å². The fourth-order valence-electron chi connectivity index (χ4n) is 1.27. The molecule has 0 atom stereocenters. The number of halogens is 1. The van der Waals surface area contributed by atoms with E-state index in [-0.39, 0.29) is 16.3 Å². The highest BCUT2D eigenvalue weighted by molar-refractivity contribution is 6.35. The zero-order valence-electron chi connectivity index (χ0n) is 10.3. The second-order valence-electron chi connectivity index (χ2n) is 4.55. The summed E-state index contributed by atoms with van der Waals surface area (Å²) in [6.45, 7) is 5.36. The molecular formula is C12H16ClNO3. The van der Waals surface area contributed by atoms with Crippen molar-refractivity contribution in [2.24, 2.45) is 0 Å². The molecule has 0 fully saturated rings. The Kier molecular flexibility index (Phi) is 3.88.